The summed E-state index contributed by atoms with van der Waals surface area (Å²) >= 11 is 0. The molecule has 1 amide bonds. The highest BCUT2D eigenvalue weighted by Gasteiger charge is 2.69. The molecule has 130 valence electrons. The van der Waals surface area contributed by atoms with Gasteiger partial charge in [-0.1, -0.05) is 13.8 Å². The van der Waals surface area contributed by atoms with Gasteiger partial charge in [0.2, 0.25) is 5.54 Å². The lowest BCUT2D eigenvalue weighted by Crippen LogP contribution is -2.65. The Hall–Kier alpha value is -1.15. The molecule has 22 heavy (non-hydrogen) atoms. The van der Waals surface area contributed by atoms with Crippen LogP contribution in [-0.2, 0) is 4.74 Å². The average Bonchev–Trinajstić information content (AvgIpc) is 2.30. The van der Waals surface area contributed by atoms with Crippen molar-refractivity contribution in [2.75, 3.05) is 0 Å². The summed E-state index contributed by atoms with van der Waals surface area (Å²) in [7, 11) is 0. The molecule has 0 aromatic carbocycles. The highest BCUT2D eigenvalue weighted by Crippen LogP contribution is 2.42. The van der Waals surface area contributed by atoms with Gasteiger partial charge in [-0.15, -0.1) is 0 Å². The highest BCUT2D eigenvalue weighted by molar-refractivity contribution is 5.68. The number of ether oxygens (including phenoxy) is 1. The van der Waals surface area contributed by atoms with Gasteiger partial charge in [0, 0.05) is 0 Å². The van der Waals surface area contributed by atoms with Crippen molar-refractivity contribution < 1.29 is 35.9 Å². The summed E-state index contributed by atoms with van der Waals surface area (Å²) in [5, 5.41) is 0.935. The zero-order chi connectivity index (χ0) is 17.3. The van der Waals surface area contributed by atoms with Gasteiger partial charge in [-0.3, -0.25) is 5.32 Å². The Bertz CT molecular complexity index is 392. The standard InChI is InChI=1S/C13H19F6NO2/c1-7-4-5-9(6-8(7)2)22-10(21)20-11(3,12(14,15)16)13(17,18)19/h7-9H,4-6H2,1-3H3,(H,20,21). The van der Waals surface area contributed by atoms with E-state index >= 15 is 0 Å². The van der Waals surface area contributed by atoms with E-state index in [1.165, 1.54) is 0 Å². The Morgan fingerprint density at radius 2 is 1.50 bits per heavy atom. The van der Waals surface area contributed by atoms with Gasteiger partial charge in [-0.05, 0) is 38.0 Å². The Morgan fingerprint density at radius 3 is 1.91 bits per heavy atom. The van der Waals surface area contributed by atoms with Gasteiger partial charge in [0.15, 0.2) is 0 Å². The molecule has 3 nitrogen and oxygen atoms in total. The second-order valence-corrected chi connectivity index (χ2v) is 6.04. The van der Waals surface area contributed by atoms with E-state index in [4.69, 9.17) is 4.74 Å². The fourth-order valence-electron chi connectivity index (χ4n) is 2.29. The first-order valence-electron chi connectivity index (χ1n) is 6.90. The zero-order valence-electron chi connectivity index (χ0n) is 12.4. The van der Waals surface area contributed by atoms with Crippen molar-refractivity contribution in [3.05, 3.63) is 0 Å². The Labute approximate surface area is 124 Å². The number of hydrogen-bond acceptors (Lipinski definition) is 2. The SMILES string of the molecule is CC1CCC(OC(=O)NC(C)(C(F)(F)F)C(F)(F)F)CC1C. The van der Waals surface area contributed by atoms with Crippen LogP contribution in [0.3, 0.4) is 0 Å². The number of hydrogen-bond donors (Lipinski definition) is 1. The Balaban J connectivity index is 2.74. The first-order valence-corrected chi connectivity index (χ1v) is 6.90. The molecule has 9 heteroatoms. The van der Waals surface area contributed by atoms with Crippen molar-refractivity contribution in [1.82, 2.24) is 5.32 Å². The second-order valence-electron chi connectivity index (χ2n) is 6.04. The minimum Gasteiger partial charge on any atom is -0.446 e. The third kappa shape index (κ3) is 3.98. The van der Waals surface area contributed by atoms with Crippen LogP contribution in [-0.4, -0.2) is 30.1 Å². The van der Waals surface area contributed by atoms with Gasteiger partial charge >= 0.3 is 18.4 Å². The van der Waals surface area contributed by atoms with E-state index in [0.717, 1.165) is 5.32 Å². The normalized spacial score (nSPS) is 27.4. The molecule has 1 aliphatic rings. The third-order valence-corrected chi connectivity index (χ3v) is 4.31. The predicted molar refractivity (Wildman–Crippen MR) is 66.1 cm³/mol. The minimum atomic E-state index is -5.68. The van der Waals surface area contributed by atoms with Crippen LogP contribution in [0.4, 0.5) is 31.1 Å². The fourth-order valence-corrected chi connectivity index (χ4v) is 2.29. The zero-order valence-corrected chi connectivity index (χ0v) is 12.4. The highest BCUT2D eigenvalue weighted by atomic mass is 19.4. The molecule has 0 saturated heterocycles. The van der Waals surface area contributed by atoms with E-state index < -0.39 is 30.1 Å². The van der Waals surface area contributed by atoms with Crippen molar-refractivity contribution in [2.24, 2.45) is 11.8 Å². The molecule has 0 heterocycles. The summed E-state index contributed by atoms with van der Waals surface area (Å²) in [6.07, 6.45) is -12.2. The molecule has 3 unspecified atom stereocenters. The Kier molecular flexibility index (Phi) is 5.29. The van der Waals surface area contributed by atoms with Crippen LogP contribution >= 0.6 is 0 Å². The van der Waals surface area contributed by atoms with Crippen LogP contribution in [0.15, 0.2) is 0 Å². The van der Waals surface area contributed by atoms with Crippen molar-refractivity contribution in [3.63, 3.8) is 0 Å². The van der Waals surface area contributed by atoms with Crippen molar-refractivity contribution in [1.29, 1.82) is 0 Å². The maximum absolute atomic E-state index is 12.7. The van der Waals surface area contributed by atoms with E-state index in [1.807, 2.05) is 13.8 Å². The summed E-state index contributed by atoms with van der Waals surface area (Å²) in [6.45, 7) is 3.76. The molecule has 0 aliphatic heterocycles. The van der Waals surface area contributed by atoms with E-state index in [-0.39, 0.29) is 12.8 Å². The molecule has 1 aliphatic carbocycles. The number of nitrogens with one attached hydrogen (secondary N) is 1. The summed E-state index contributed by atoms with van der Waals surface area (Å²) < 4.78 is 80.7. The van der Waals surface area contributed by atoms with Crippen molar-refractivity contribution >= 4 is 6.09 Å². The van der Waals surface area contributed by atoms with E-state index in [1.54, 1.807) is 0 Å². The van der Waals surface area contributed by atoms with Crippen molar-refractivity contribution in [2.45, 2.75) is 64.0 Å². The monoisotopic (exact) mass is 335 g/mol. The van der Waals surface area contributed by atoms with Crippen LogP contribution in [0.25, 0.3) is 0 Å². The van der Waals surface area contributed by atoms with Crippen LogP contribution in [0.1, 0.15) is 40.0 Å². The molecule has 3 atom stereocenters. The lowest BCUT2D eigenvalue weighted by molar-refractivity contribution is -0.299. The molecule has 1 fully saturated rings. The molecule has 0 aromatic rings. The van der Waals surface area contributed by atoms with Crippen molar-refractivity contribution in [3.8, 4) is 0 Å². The van der Waals surface area contributed by atoms with Gasteiger partial charge in [-0.2, -0.15) is 26.3 Å². The maximum Gasteiger partial charge on any atom is 0.420 e. The van der Waals surface area contributed by atoms with Gasteiger partial charge < -0.3 is 4.74 Å². The smallest absolute Gasteiger partial charge is 0.420 e. The first kappa shape index (κ1) is 18.9. The van der Waals surface area contributed by atoms with E-state index in [2.05, 4.69) is 0 Å². The topological polar surface area (TPSA) is 38.3 Å². The summed E-state index contributed by atoms with van der Waals surface area (Å²) in [5.74, 6) is 0.557. The first-order chi connectivity index (χ1) is 9.78. The number of halogens is 6. The maximum atomic E-state index is 12.7. The quantitative estimate of drug-likeness (QED) is 0.759. The molecule has 0 bridgehead atoms. The summed E-state index contributed by atoms with van der Waals surface area (Å²) in [5.41, 5.74) is -4.34. The van der Waals surface area contributed by atoms with E-state index in [0.29, 0.717) is 25.2 Å². The number of carbonyl (C=O) groups is 1. The molecule has 1 rings (SSSR count). The second kappa shape index (κ2) is 6.16. The fraction of sp³-hybridized carbons (Fsp3) is 0.923. The van der Waals surface area contributed by atoms with Crippen LogP contribution in [0, 0.1) is 11.8 Å². The average molecular weight is 335 g/mol. The van der Waals surface area contributed by atoms with E-state index in [9.17, 15) is 31.1 Å². The molecule has 0 radical (unpaired) electrons. The molecule has 1 saturated carbocycles. The summed E-state index contributed by atoms with van der Waals surface area (Å²) in [4.78, 5) is 11.5. The van der Waals surface area contributed by atoms with Crippen LogP contribution in [0.2, 0.25) is 0 Å². The largest absolute Gasteiger partial charge is 0.446 e. The van der Waals surface area contributed by atoms with Gasteiger partial charge in [0.25, 0.3) is 0 Å². The number of alkyl halides is 6. The lowest BCUT2D eigenvalue weighted by atomic mass is 9.80. The number of carbonyl (C=O) groups excluding carboxylic acids is 1. The Morgan fingerprint density at radius 1 is 1.00 bits per heavy atom. The molecule has 0 aromatic heterocycles. The van der Waals surface area contributed by atoms with Crippen LogP contribution in [0.5, 0.6) is 0 Å². The predicted octanol–water partition coefficient (Wildman–Crippen LogP) is 4.42. The number of alkyl carbamates (subject to hydrolysis) is 1. The van der Waals surface area contributed by atoms with Crippen LogP contribution < -0.4 is 5.32 Å². The third-order valence-electron chi connectivity index (χ3n) is 4.31. The number of rotatable bonds is 2. The molecule has 0 spiro atoms. The van der Waals surface area contributed by atoms with Gasteiger partial charge in [0.1, 0.15) is 6.10 Å². The minimum absolute atomic E-state index is 0.125. The lowest BCUT2D eigenvalue weighted by Gasteiger charge is -2.36. The molecule has 1 N–H and O–H groups in total. The van der Waals surface area contributed by atoms with Gasteiger partial charge in [0.05, 0.1) is 0 Å². The van der Waals surface area contributed by atoms with Gasteiger partial charge in [-0.25, -0.2) is 4.79 Å². The summed E-state index contributed by atoms with van der Waals surface area (Å²) in [6, 6.07) is 0. The molecular weight excluding hydrogens is 316 g/mol. The molecular formula is C13H19F6NO2. The number of amides is 1.